The first-order chi connectivity index (χ1) is 16.2. The molecule has 5 rings (SSSR count). The number of thioether (sulfide) groups is 1. The van der Waals surface area contributed by atoms with Gasteiger partial charge in [-0.2, -0.15) is 5.10 Å². The Labute approximate surface area is 194 Å². The molecule has 33 heavy (non-hydrogen) atoms. The summed E-state index contributed by atoms with van der Waals surface area (Å²) in [5, 5.41) is 13.4. The normalized spacial score (nSPS) is 10.9. The Morgan fingerprint density at radius 2 is 1.61 bits per heavy atom. The summed E-state index contributed by atoms with van der Waals surface area (Å²) < 4.78 is 26.2. The van der Waals surface area contributed by atoms with Crippen molar-refractivity contribution in [3.63, 3.8) is 0 Å². The summed E-state index contributed by atoms with van der Waals surface area (Å²) in [7, 11) is 0. The fraction of sp³-hybridized carbons (Fsp3) is 0.0800. The van der Waals surface area contributed by atoms with Gasteiger partial charge in [-0.25, -0.2) is 9.07 Å². The molecule has 164 valence electrons. The molecule has 3 aromatic carbocycles. The van der Waals surface area contributed by atoms with E-state index in [9.17, 15) is 4.39 Å². The quantitative estimate of drug-likeness (QED) is 0.268. The van der Waals surface area contributed by atoms with E-state index in [1.165, 1.54) is 23.9 Å². The van der Waals surface area contributed by atoms with Crippen molar-refractivity contribution >= 4 is 11.8 Å². The Balaban J connectivity index is 1.30. The standard InChI is InChI=1S/C25H19FN4O2S/c26-20-11-13-22(14-12-20)31-16-23-27-28-25(32-23)33-17-19-15-30(21-9-5-2-6-10-21)29-24(19)18-7-3-1-4-8-18/h1-15H,16-17H2. The third kappa shape index (κ3) is 5.12. The lowest BCUT2D eigenvalue weighted by molar-refractivity contribution is 0.252. The molecule has 0 amide bonds. The van der Waals surface area contributed by atoms with Crippen LogP contribution in [0.5, 0.6) is 5.75 Å². The van der Waals surface area contributed by atoms with Gasteiger partial charge in [0, 0.05) is 23.1 Å². The second-order valence-electron chi connectivity index (χ2n) is 7.14. The van der Waals surface area contributed by atoms with Crippen molar-refractivity contribution < 1.29 is 13.5 Å². The molecule has 0 bridgehead atoms. The minimum Gasteiger partial charge on any atom is -0.484 e. The molecule has 0 aliphatic rings. The summed E-state index contributed by atoms with van der Waals surface area (Å²) in [6.45, 7) is 0.112. The number of rotatable bonds is 8. The molecule has 6 nitrogen and oxygen atoms in total. The van der Waals surface area contributed by atoms with Crippen LogP contribution in [0.15, 0.2) is 101 Å². The van der Waals surface area contributed by atoms with Gasteiger partial charge in [-0.15, -0.1) is 10.2 Å². The number of halogens is 1. The molecule has 0 aliphatic heterocycles. The highest BCUT2D eigenvalue weighted by Gasteiger charge is 2.15. The molecule has 0 spiro atoms. The first-order valence-electron chi connectivity index (χ1n) is 10.3. The van der Waals surface area contributed by atoms with E-state index in [1.54, 1.807) is 12.1 Å². The Morgan fingerprint density at radius 1 is 0.879 bits per heavy atom. The van der Waals surface area contributed by atoms with Crippen molar-refractivity contribution in [2.45, 2.75) is 17.6 Å². The van der Waals surface area contributed by atoms with Gasteiger partial charge in [0.1, 0.15) is 11.6 Å². The van der Waals surface area contributed by atoms with Crippen LogP contribution in [0, 0.1) is 5.82 Å². The lowest BCUT2D eigenvalue weighted by atomic mass is 10.1. The van der Waals surface area contributed by atoms with Crippen LogP contribution >= 0.6 is 11.8 Å². The second kappa shape index (κ2) is 9.70. The molecule has 8 heteroatoms. The number of ether oxygens (including phenoxy) is 1. The molecular formula is C25H19FN4O2S. The van der Waals surface area contributed by atoms with Gasteiger partial charge in [-0.3, -0.25) is 0 Å². The monoisotopic (exact) mass is 458 g/mol. The SMILES string of the molecule is Fc1ccc(OCc2nnc(SCc3cn(-c4ccccc4)nc3-c3ccccc3)o2)cc1. The molecule has 0 atom stereocenters. The molecular weight excluding hydrogens is 439 g/mol. The topological polar surface area (TPSA) is 66.0 Å². The van der Waals surface area contributed by atoms with Crippen molar-refractivity contribution in [2.75, 3.05) is 0 Å². The number of hydrogen-bond donors (Lipinski definition) is 0. The van der Waals surface area contributed by atoms with Gasteiger partial charge in [0.2, 0.25) is 0 Å². The first-order valence-corrected chi connectivity index (χ1v) is 11.3. The second-order valence-corrected chi connectivity index (χ2v) is 8.07. The van der Waals surface area contributed by atoms with Gasteiger partial charge < -0.3 is 9.15 Å². The maximum Gasteiger partial charge on any atom is 0.277 e. The maximum absolute atomic E-state index is 13.0. The zero-order valence-corrected chi connectivity index (χ0v) is 18.3. The number of aromatic nitrogens is 4. The average molecular weight is 459 g/mol. The Hall–Kier alpha value is -3.91. The van der Waals surface area contributed by atoms with Crippen LogP contribution < -0.4 is 4.74 Å². The molecule has 0 N–H and O–H groups in total. The van der Waals surface area contributed by atoms with E-state index in [1.807, 2.05) is 71.5 Å². The molecule has 2 aromatic heterocycles. The van der Waals surface area contributed by atoms with Crippen molar-refractivity contribution in [2.24, 2.45) is 0 Å². The van der Waals surface area contributed by atoms with Gasteiger partial charge in [-0.05, 0) is 36.4 Å². The molecule has 0 fully saturated rings. The average Bonchev–Trinajstić information content (AvgIpc) is 3.51. The van der Waals surface area contributed by atoms with E-state index in [0.717, 1.165) is 22.5 Å². The van der Waals surface area contributed by atoms with Crippen LogP contribution in [0.3, 0.4) is 0 Å². The maximum atomic E-state index is 13.0. The van der Waals surface area contributed by atoms with E-state index in [-0.39, 0.29) is 12.4 Å². The van der Waals surface area contributed by atoms with Gasteiger partial charge in [-0.1, -0.05) is 60.3 Å². The Morgan fingerprint density at radius 3 is 2.36 bits per heavy atom. The van der Waals surface area contributed by atoms with Gasteiger partial charge >= 0.3 is 0 Å². The van der Waals surface area contributed by atoms with Crippen LogP contribution in [0.4, 0.5) is 4.39 Å². The molecule has 0 saturated heterocycles. The van der Waals surface area contributed by atoms with Crippen LogP contribution in [-0.2, 0) is 12.4 Å². The predicted molar refractivity (Wildman–Crippen MR) is 124 cm³/mol. The zero-order valence-electron chi connectivity index (χ0n) is 17.5. The molecule has 0 radical (unpaired) electrons. The van der Waals surface area contributed by atoms with E-state index < -0.39 is 0 Å². The molecule has 0 saturated carbocycles. The van der Waals surface area contributed by atoms with E-state index >= 15 is 0 Å². The van der Waals surface area contributed by atoms with Crippen LogP contribution in [-0.4, -0.2) is 20.0 Å². The summed E-state index contributed by atoms with van der Waals surface area (Å²) in [4.78, 5) is 0. The highest BCUT2D eigenvalue weighted by atomic mass is 32.2. The summed E-state index contributed by atoms with van der Waals surface area (Å²) >= 11 is 1.44. The fourth-order valence-electron chi connectivity index (χ4n) is 3.24. The van der Waals surface area contributed by atoms with Crippen LogP contribution in [0.2, 0.25) is 0 Å². The molecule has 0 unspecified atom stereocenters. The van der Waals surface area contributed by atoms with Crippen molar-refractivity contribution in [3.05, 3.63) is 108 Å². The van der Waals surface area contributed by atoms with Crippen LogP contribution in [0.25, 0.3) is 16.9 Å². The summed E-state index contributed by atoms with van der Waals surface area (Å²) in [5.74, 6) is 1.18. The smallest absolute Gasteiger partial charge is 0.277 e. The van der Waals surface area contributed by atoms with Crippen molar-refractivity contribution in [3.8, 4) is 22.7 Å². The summed E-state index contributed by atoms with van der Waals surface area (Å²) in [6.07, 6.45) is 2.03. The zero-order chi connectivity index (χ0) is 22.5. The lowest BCUT2D eigenvalue weighted by Gasteiger charge is -2.02. The molecule has 5 aromatic rings. The highest BCUT2D eigenvalue weighted by Crippen LogP contribution is 2.29. The Bertz CT molecular complexity index is 1320. The Kier molecular flexibility index (Phi) is 6.16. The number of benzene rings is 3. The minimum absolute atomic E-state index is 0.112. The van der Waals surface area contributed by atoms with Gasteiger partial charge in [0.25, 0.3) is 11.1 Å². The first kappa shape index (κ1) is 21.0. The van der Waals surface area contributed by atoms with E-state index in [4.69, 9.17) is 14.3 Å². The highest BCUT2D eigenvalue weighted by molar-refractivity contribution is 7.98. The summed E-state index contributed by atoms with van der Waals surface area (Å²) in [5.41, 5.74) is 3.99. The van der Waals surface area contributed by atoms with Gasteiger partial charge in [0.15, 0.2) is 6.61 Å². The molecule has 0 aliphatic carbocycles. The lowest BCUT2D eigenvalue weighted by Crippen LogP contribution is -1.95. The van der Waals surface area contributed by atoms with Gasteiger partial charge in [0.05, 0.1) is 11.4 Å². The predicted octanol–water partition coefficient (Wildman–Crippen LogP) is 5.93. The van der Waals surface area contributed by atoms with Crippen LogP contribution in [0.1, 0.15) is 11.5 Å². The van der Waals surface area contributed by atoms with Crippen molar-refractivity contribution in [1.29, 1.82) is 0 Å². The third-order valence-electron chi connectivity index (χ3n) is 4.83. The third-order valence-corrected chi connectivity index (χ3v) is 5.70. The largest absolute Gasteiger partial charge is 0.484 e. The van der Waals surface area contributed by atoms with E-state index in [0.29, 0.717) is 22.6 Å². The van der Waals surface area contributed by atoms with Crippen molar-refractivity contribution in [1.82, 2.24) is 20.0 Å². The number of para-hydroxylation sites is 1. The fourth-order valence-corrected chi connectivity index (χ4v) is 3.98. The number of hydrogen-bond acceptors (Lipinski definition) is 6. The van der Waals surface area contributed by atoms with E-state index in [2.05, 4.69) is 10.2 Å². The summed E-state index contributed by atoms with van der Waals surface area (Å²) in [6, 6.07) is 25.8. The minimum atomic E-state index is -0.315. The molecule has 2 heterocycles. The number of nitrogens with zero attached hydrogens (tertiary/aromatic N) is 4.